The van der Waals surface area contributed by atoms with Gasteiger partial charge in [0.1, 0.15) is 0 Å². The molecule has 0 bridgehead atoms. The van der Waals surface area contributed by atoms with E-state index in [1.165, 1.54) is 0 Å². The molecule has 0 saturated carbocycles. The van der Waals surface area contributed by atoms with Gasteiger partial charge in [-0.25, -0.2) is 0 Å². The molecule has 0 aliphatic rings. The van der Waals surface area contributed by atoms with Gasteiger partial charge in [0.25, 0.3) is 18.6 Å². The predicted molar refractivity (Wildman–Crippen MR) is 53.2 cm³/mol. The summed E-state index contributed by atoms with van der Waals surface area (Å²) >= 11 is 0. The molecule has 2 atom stereocenters. The molecule has 0 saturated heterocycles. The molecule has 5 N–H and O–H groups in total. The first kappa shape index (κ1) is 11.2. The molecule has 5 nitrogen and oxygen atoms in total. The van der Waals surface area contributed by atoms with Gasteiger partial charge in [-0.3, -0.25) is 0 Å². The van der Waals surface area contributed by atoms with Crippen LogP contribution in [0.1, 0.15) is 0 Å². The van der Waals surface area contributed by atoms with Gasteiger partial charge in [0.2, 0.25) is 0 Å². The molecule has 2 unspecified atom stereocenters. The number of hydrogen-bond donors (Lipinski definition) is 3. The van der Waals surface area contributed by atoms with Crippen LogP contribution in [0.25, 0.3) is 0 Å². The lowest BCUT2D eigenvalue weighted by atomic mass is 11.3. The average molecular weight is 193 g/mol. The minimum Gasteiger partial charge on any atom is -0.330 e. The zero-order valence-electron chi connectivity index (χ0n) is 7.70. The largest absolute Gasteiger partial charge is 0.330 e. The number of hydrogen-bond acceptors (Lipinski definition) is 5. The highest BCUT2D eigenvalue weighted by atomic mass is 28.4. The second kappa shape index (κ2) is 4.98. The second-order valence-electron chi connectivity index (χ2n) is 2.78. The molecule has 0 radical (unpaired) electrons. The standard InChI is InChI=1S/C4H19N5Si2/c1-7-10(5)9(4)11(6)8(2)3/h7,10-11H,5-6H2,1-4H3. The van der Waals surface area contributed by atoms with Crippen LogP contribution < -0.4 is 15.8 Å². The third-order valence-corrected chi connectivity index (χ3v) is 6.92. The van der Waals surface area contributed by atoms with E-state index in [4.69, 9.17) is 10.8 Å². The van der Waals surface area contributed by atoms with E-state index < -0.39 is 18.6 Å². The van der Waals surface area contributed by atoms with Crippen molar-refractivity contribution in [2.75, 3.05) is 28.2 Å². The van der Waals surface area contributed by atoms with Gasteiger partial charge < -0.3 is 24.6 Å². The van der Waals surface area contributed by atoms with Crippen LogP contribution in [-0.2, 0) is 0 Å². The van der Waals surface area contributed by atoms with Gasteiger partial charge in [-0.05, 0) is 28.2 Å². The van der Waals surface area contributed by atoms with Crippen LogP contribution >= 0.6 is 0 Å². The quantitative estimate of drug-likeness (QED) is 0.417. The summed E-state index contributed by atoms with van der Waals surface area (Å²) in [6, 6.07) is 0. The minimum absolute atomic E-state index is 1.40. The average Bonchev–Trinajstić information content (AvgIpc) is 2.00. The maximum atomic E-state index is 5.94. The lowest BCUT2D eigenvalue weighted by molar-refractivity contribution is 0.566. The molecule has 0 aromatic heterocycles. The third-order valence-electron chi connectivity index (χ3n) is 1.68. The second-order valence-corrected chi connectivity index (χ2v) is 8.33. The van der Waals surface area contributed by atoms with E-state index in [0.717, 1.165) is 0 Å². The molecule has 0 aliphatic heterocycles. The van der Waals surface area contributed by atoms with Gasteiger partial charge >= 0.3 is 0 Å². The van der Waals surface area contributed by atoms with Gasteiger partial charge in [-0.1, -0.05) is 0 Å². The summed E-state index contributed by atoms with van der Waals surface area (Å²) in [4.78, 5) is 3.07. The lowest BCUT2D eigenvalue weighted by Gasteiger charge is -2.30. The van der Waals surface area contributed by atoms with E-state index in [1.807, 2.05) is 28.2 Å². The summed E-state index contributed by atoms with van der Waals surface area (Å²) < 4.78 is 4.17. The van der Waals surface area contributed by atoms with Crippen LogP contribution in [0.3, 0.4) is 0 Å². The molecule has 0 aromatic carbocycles. The molecule has 0 spiro atoms. The summed E-state index contributed by atoms with van der Waals surface area (Å²) in [7, 11) is 5.03. The van der Waals surface area contributed by atoms with Gasteiger partial charge in [0, 0.05) is 0 Å². The third kappa shape index (κ3) is 3.42. The van der Waals surface area contributed by atoms with Crippen molar-refractivity contribution in [1.29, 1.82) is 0 Å². The summed E-state index contributed by atoms with van der Waals surface area (Å²) in [6.45, 7) is 0. The van der Waals surface area contributed by atoms with Gasteiger partial charge in [-0.15, -0.1) is 0 Å². The molecule has 7 heteroatoms. The van der Waals surface area contributed by atoms with E-state index in [9.17, 15) is 0 Å². The van der Waals surface area contributed by atoms with E-state index >= 15 is 0 Å². The predicted octanol–water partition coefficient (Wildman–Crippen LogP) is -2.95. The summed E-state index contributed by atoms with van der Waals surface area (Å²) in [5.41, 5.74) is 0. The summed E-state index contributed by atoms with van der Waals surface area (Å²) in [6.07, 6.45) is 0. The molecular formula is C4H19N5Si2. The summed E-state index contributed by atoms with van der Waals surface area (Å²) in [5.74, 6) is 0. The number of nitrogens with one attached hydrogen (secondary N) is 1. The number of rotatable bonds is 4. The normalized spacial score (nSPS) is 17.5. The maximum Gasteiger partial charge on any atom is 0.261 e. The topological polar surface area (TPSA) is 70.5 Å². The highest BCUT2D eigenvalue weighted by Crippen LogP contribution is 1.85. The highest BCUT2D eigenvalue weighted by Gasteiger charge is 2.20. The van der Waals surface area contributed by atoms with Crippen LogP contribution in [-0.4, -0.2) is 55.6 Å². The maximum absolute atomic E-state index is 5.94. The summed E-state index contributed by atoms with van der Waals surface area (Å²) in [5, 5.41) is 11.8. The van der Waals surface area contributed by atoms with Crippen molar-refractivity contribution >= 4 is 18.6 Å². The molecule has 68 valence electrons. The lowest BCUT2D eigenvalue weighted by Crippen LogP contribution is -2.66. The van der Waals surface area contributed by atoms with Gasteiger partial charge in [0.05, 0.1) is 0 Å². The van der Waals surface area contributed by atoms with E-state index in [2.05, 4.69) is 13.8 Å². The number of nitrogens with zero attached hydrogens (tertiary/aromatic N) is 2. The van der Waals surface area contributed by atoms with Gasteiger partial charge in [-0.2, -0.15) is 0 Å². The van der Waals surface area contributed by atoms with Crippen molar-refractivity contribution in [3.05, 3.63) is 0 Å². The van der Waals surface area contributed by atoms with Crippen LogP contribution in [0.5, 0.6) is 0 Å². The van der Waals surface area contributed by atoms with E-state index in [-0.39, 0.29) is 0 Å². The van der Waals surface area contributed by atoms with Crippen molar-refractivity contribution < 1.29 is 0 Å². The first-order valence-corrected chi connectivity index (χ1v) is 7.03. The Hall–Kier alpha value is 0.234. The van der Waals surface area contributed by atoms with Crippen LogP contribution in [0.15, 0.2) is 0 Å². The Balaban J connectivity index is 3.90. The highest BCUT2D eigenvalue weighted by molar-refractivity contribution is 6.66. The molecule has 0 rings (SSSR count). The minimum atomic E-state index is -1.41. The Morgan fingerprint density at radius 1 is 1.18 bits per heavy atom. The molecule has 0 heterocycles. The fourth-order valence-electron chi connectivity index (χ4n) is 0.732. The first-order valence-electron chi connectivity index (χ1n) is 3.57. The van der Waals surface area contributed by atoms with Crippen LogP contribution in [0, 0.1) is 0 Å². The van der Waals surface area contributed by atoms with Crippen molar-refractivity contribution in [2.45, 2.75) is 0 Å². The van der Waals surface area contributed by atoms with E-state index in [0.29, 0.717) is 0 Å². The Labute approximate surface area is 72.0 Å². The molecule has 0 amide bonds. The molecule has 0 aliphatic carbocycles. The Bertz CT molecular complexity index is 111. The van der Waals surface area contributed by atoms with Crippen LogP contribution in [0.2, 0.25) is 0 Å². The first-order chi connectivity index (χ1) is 5.00. The fourth-order valence-corrected chi connectivity index (χ4v) is 4.43. The Morgan fingerprint density at radius 3 is 1.91 bits per heavy atom. The monoisotopic (exact) mass is 193 g/mol. The Kier molecular flexibility index (Phi) is 5.09. The zero-order valence-corrected chi connectivity index (χ0v) is 10.0. The van der Waals surface area contributed by atoms with Crippen molar-refractivity contribution in [1.82, 2.24) is 13.8 Å². The molecule has 0 fully saturated rings. The van der Waals surface area contributed by atoms with Gasteiger partial charge in [0.15, 0.2) is 0 Å². The molecule has 0 aromatic rings. The molecule has 11 heavy (non-hydrogen) atoms. The van der Waals surface area contributed by atoms with Crippen molar-refractivity contribution in [3.8, 4) is 0 Å². The van der Waals surface area contributed by atoms with Crippen molar-refractivity contribution in [2.24, 2.45) is 10.8 Å². The smallest absolute Gasteiger partial charge is 0.261 e. The zero-order chi connectivity index (χ0) is 9.02. The Morgan fingerprint density at radius 2 is 1.64 bits per heavy atom. The van der Waals surface area contributed by atoms with E-state index in [1.54, 1.807) is 0 Å². The SMILES string of the molecule is CN[SiH](N)N(C)[SiH](N)N(C)C. The van der Waals surface area contributed by atoms with Crippen LogP contribution in [0.4, 0.5) is 0 Å². The fraction of sp³-hybridized carbons (Fsp3) is 1.00. The molecular weight excluding hydrogens is 174 g/mol. The number of nitrogens with two attached hydrogens (primary N) is 2. The van der Waals surface area contributed by atoms with Crippen molar-refractivity contribution in [3.63, 3.8) is 0 Å².